The van der Waals surface area contributed by atoms with Gasteiger partial charge in [0.15, 0.2) is 0 Å². The Labute approximate surface area is 473 Å². The molecular weight excluding hydrogens is 1080 g/mol. The van der Waals surface area contributed by atoms with Crippen LogP contribution in [-0.4, -0.2) is 73.5 Å². The fraction of sp³-hybridized carbons (Fsp3) is 0.250. The van der Waals surface area contributed by atoms with Crippen molar-refractivity contribution in [3.05, 3.63) is 263 Å². The van der Waals surface area contributed by atoms with Gasteiger partial charge < -0.3 is 38.5 Å². The standard InChI is InChI=1S/4C16H19O3P/c4*1-3-19-20(2,18)16(13-9-5-4-6-10-13)14-11-7-8-12-15(14)17/h4*4-12,16-17H,3H2,1-2H3/t2*16-,20+;2*16-,20-/m1010/s1. The van der Waals surface area contributed by atoms with Crippen molar-refractivity contribution < 1.29 is 56.8 Å². The fourth-order valence-corrected chi connectivity index (χ4v) is 17.9. The third kappa shape index (κ3) is 17.9. The maximum atomic E-state index is 12.9. The lowest BCUT2D eigenvalue weighted by molar-refractivity contribution is 0.331. The van der Waals surface area contributed by atoms with Gasteiger partial charge >= 0.3 is 0 Å². The number of phenols is 4. The van der Waals surface area contributed by atoms with Crippen LogP contribution in [0.15, 0.2) is 218 Å². The van der Waals surface area contributed by atoms with Crippen LogP contribution in [-0.2, 0) is 36.4 Å². The number of phenolic OH excluding ortho intramolecular Hbond substituents is 4. The second kappa shape index (κ2) is 31.1. The van der Waals surface area contributed by atoms with Crippen molar-refractivity contribution in [3.63, 3.8) is 0 Å². The highest BCUT2D eigenvalue weighted by atomic mass is 31.2. The average Bonchev–Trinajstić information content (AvgIpc) is 3.43. The molecule has 0 spiro atoms. The molecule has 80 heavy (non-hydrogen) atoms. The van der Waals surface area contributed by atoms with Gasteiger partial charge in [0.05, 0.1) is 49.1 Å². The van der Waals surface area contributed by atoms with Crippen molar-refractivity contribution in [1.29, 1.82) is 0 Å². The summed E-state index contributed by atoms with van der Waals surface area (Å²) in [6.07, 6.45) is 0. The third-order valence-corrected chi connectivity index (χ3v) is 21.9. The summed E-state index contributed by atoms with van der Waals surface area (Å²) in [5, 5.41) is 40.4. The van der Waals surface area contributed by atoms with Crippen LogP contribution in [0.25, 0.3) is 0 Å². The molecule has 0 fully saturated rings. The Kier molecular flexibility index (Phi) is 25.1. The largest absolute Gasteiger partial charge is 0.508 e. The van der Waals surface area contributed by atoms with E-state index in [4.69, 9.17) is 18.1 Å². The van der Waals surface area contributed by atoms with Crippen LogP contribution >= 0.6 is 29.5 Å². The molecule has 0 bridgehead atoms. The van der Waals surface area contributed by atoms with Gasteiger partial charge in [-0.2, -0.15) is 0 Å². The first-order valence-electron chi connectivity index (χ1n) is 26.4. The van der Waals surface area contributed by atoms with Crippen molar-refractivity contribution in [2.24, 2.45) is 0 Å². The lowest BCUT2D eigenvalue weighted by Gasteiger charge is -2.25. The van der Waals surface area contributed by atoms with Gasteiger partial charge in [-0.25, -0.2) is 0 Å². The highest BCUT2D eigenvalue weighted by Gasteiger charge is 2.37. The molecule has 0 aliphatic carbocycles. The Morgan fingerprint density at radius 2 is 0.425 bits per heavy atom. The maximum absolute atomic E-state index is 12.9. The molecule has 424 valence electrons. The minimum Gasteiger partial charge on any atom is -0.508 e. The second-order valence-corrected chi connectivity index (χ2v) is 29.2. The van der Waals surface area contributed by atoms with Crippen molar-refractivity contribution in [3.8, 4) is 23.0 Å². The zero-order chi connectivity index (χ0) is 58.4. The van der Waals surface area contributed by atoms with E-state index in [0.717, 1.165) is 22.3 Å². The molecule has 0 heterocycles. The van der Waals surface area contributed by atoms with Crippen LogP contribution in [0.1, 0.15) is 94.8 Å². The van der Waals surface area contributed by atoms with Gasteiger partial charge in [0.1, 0.15) is 23.0 Å². The molecule has 0 aromatic heterocycles. The Bertz CT molecular complexity index is 2880. The average molecular weight is 1160 g/mol. The molecule has 8 rings (SSSR count). The van der Waals surface area contributed by atoms with Crippen LogP contribution in [0.4, 0.5) is 0 Å². The quantitative estimate of drug-likeness (QED) is 0.0530. The predicted molar refractivity (Wildman–Crippen MR) is 326 cm³/mol. The summed E-state index contributed by atoms with van der Waals surface area (Å²) in [4.78, 5) is 0. The number of hydrogen-bond acceptors (Lipinski definition) is 12. The fourth-order valence-electron chi connectivity index (χ4n) is 9.55. The van der Waals surface area contributed by atoms with Gasteiger partial charge in [-0.05, 0) is 74.2 Å². The van der Waals surface area contributed by atoms with Gasteiger partial charge in [0, 0.05) is 48.9 Å². The lowest BCUT2D eigenvalue weighted by atomic mass is 10.0. The molecule has 16 heteroatoms. The molecule has 8 aromatic carbocycles. The minimum atomic E-state index is -2.93. The summed E-state index contributed by atoms with van der Waals surface area (Å²) >= 11 is 0. The molecular formula is C64H76O12P4. The SMILES string of the molecule is CCO[P@@](C)(=O)[C@@H](c1ccccc1)c1ccccc1O.CCO[P@@](C)(=O)[C@H](c1ccccc1)c1ccccc1O.CCO[P@](C)(=O)[C@@H](c1ccccc1)c1ccccc1O.CCO[P@](C)(=O)[C@H](c1ccccc1)c1ccccc1O. The Hall–Kier alpha value is -6.28. The summed E-state index contributed by atoms with van der Waals surface area (Å²) in [6.45, 7) is 15.3. The van der Waals surface area contributed by atoms with Crippen LogP contribution < -0.4 is 0 Å². The van der Waals surface area contributed by atoms with E-state index in [2.05, 4.69) is 0 Å². The van der Waals surface area contributed by atoms with Crippen molar-refractivity contribution in [2.75, 3.05) is 53.1 Å². The van der Waals surface area contributed by atoms with Crippen molar-refractivity contribution >= 4 is 29.5 Å². The van der Waals surface area contributed by atoms with Crippen LogP contribution in [0.2, 0.25) is 0 Å². The zero-order valence-corrected chi connectivity index (χ0v) is 50.3. The molecule has 0 aliphatic heterocycles. The first-order valence-corrected chi connectivity index (χ1v) is 35.0. The minimum absolute atomic E-state index is 0.142. The lowest BCUT2D eigenvalue weighted by Crippen LogP contribution is -2.05. The molecule has 4 N–H and O–H groups in total. The van der Waals surface area contributed by atoms with Crippen LogP contribution in [0.5, 0.6) is 23.0 Å². The number of benzene rings is 8. The second-order valence-electron chi connectivity index (χ2n) is 18.8. The summed E-state index contributed by atoms with van der Waals surface area (Å²) in [7, 11) is -11.7. The Morgan fingerprint density at radius 3 is 0.575 bits per heavy atom. The smallest absolute Gasteiger partial charge is 0.211 e. The molecule has 0 saturated heterocycles. The van der Waals surface area contributed by atoms with Crippen molar-refractivity contribution in [1.82, 2.24) is 0 Å². The Morgan fingerprint density at radius 1 is 0.275 bits per heavy atom. The Balaban J connectivity index is 0.000000196. The highest BCUT2D eigenvalue weighted by molar-refractivity contribution is 7.59. The normalized spacial score (nSPS) is 15.5. The topological polar surface area (TPSA) is 186 Å². The van der Waals surface area contributed by atoms with E-state index in [1.165, 1.54) is 0 Å². The summed E-state index contributed by atoms with van der Waals surface area (Å²) in [6, 6.07) is 66.0. The van der Waals surface area contributed by atoms with E-state index in [1.807, 2.05) is 173 Å². The van der Waals surface area contributed by atoms with Gasteiger partial charge in [0.2, 0.25) is 29.5 Å². The molecule has 0 unspecified atom stereocenters. The number of para-hydroxylation sites is 4. The zero-order valence-electron chi connectivity index (χ0n) is 46.8. The van der Waals surface area contributed by atoms with E-state index in [0.29, 0.717) is 48.7 Å². The molecule has 8 aromatic rings. The molecule has 12 nitrogen and oxygen atoms in total. The van der Waals surface area contributed by atoms with Crippen LogP contribution in [0, 0.1) is 0 Å². The number of aromatic hydroxyl groups is 4. The predicted octanol–water partition coefficient (Wildman–Crippen LogP) is 17.7. The molecule has 0 saturated carbocycles. The summed E-state index contributed by atoms with van der Waals surface area (Å²) < 4.78 is 73.7. The highest BCUT2D eigenvalue weighted by Crippen LogP contribution is 2.64. The molecule has 0 aliphatic rings. The van der Waals surface area contributed by atoms with Gasteiger partial charge in [-0.15, -0.1) is 0 Å². The monoisotopic (exact) mass is 1160 g/mol. The number of hydrogen-bond donors (Lipinski definition) is 4. The molecule has 0 radical (unpaired) electrons. The van der Waals surface area contributed by atoms with Gasteiger partial charge in [-0.3, -0.25) is 18.3 Å². The first-order chi connectivity index (χ1) is 38.2. The van der Waals surface area contributed by atoms with Gasteiger partial charge in [-0.1, -0.05) is 194 Å². The summed E-state index contributed by atoms with van der Waals surface area (Å²) in [5.41, 5.74) is 4.26. The molecule has 0 amide bonds. The van der Waals surface area contributed by atoms with E-state index >= 15 is 0 Å². The third-order valence-electron chi connectivity index (χ3n) is 12.8. The maximum Gasteiger partial charge on any atom is 0.211 e. The van der Waals surface area contributed by atoms with E-state index < -0.39 is 52.1 Å². The number of rotatable bonds is 20. The van der Waals surface area contributed by atoms with Gasteiger partial charge in [0.25, 0.3) is 0 Å². The van der Waals surface area contributed by atoms with E-state index in [9.17, 15) is 38.7 Å². The van der Waals surface area contributed by atoms with E-state index in [-0.39, 0.29) is 23.0 Å². The van der Waals surface area contributed by atoms with Crippen molar-refractivity contribution in [2.45, 2.75) is 50.3 Å². The first kappa shape index (κ1) is 64.5. The van der Waals surface area contributed by atoms with Crippen LogP contribution in [0.3, 0.4) is 0 Å². The summed E-state index contributed by atoms with van der Waals surface area (Å²) in [5.74, 6) is 0.567. The molecule has 8 atom stereocenters. The van der Waals surface area contributed by atoms with E-state index in [1.54, 1.807) is 99.5 Å².